The number of carbonyl (C=O) groups is 3. The van der Waals surface area contributed by atoms with E-state index in [0.717, 1.165) is 5.56 Å². The summed E-state index contributed by atoms with van der Waals surface area (Å²) in [7, 11) is 0. The van der Waals surface area contributed by atoms with E-state index < -0.39 is 6.04 Å². The van der Waals surface area contributed by atoms with Gasteiger partial charge >= 0.3 is 0 Å². The molecule has 1 aromatic carbocycles. The lowest BCUT2D eigenvalue weighted by Crippen LogP contribution is -2.45. The van der Waals surface area contributed by atoms with Gasteiger partial charge in [-0.3, -0.25) is 14.4 Å². The van der Waals surface area contributed by atoms with E-state index in [9.17, 15) is 14.4 Å². The van der Waals surface area contributed by atoms with E-state index in [2.05, 4.69) is 10.6 Å². The van der Waals surface area contributed by atoms with Gasteiger partial charge in [0.05, 0.1) is 0 Å². The van der Waals surface area contributed by atoms with Crippen LogP contribution in [0.15, 0.2) is 18.2 Å². The van der Waals surface area contributed by atoms with Crippen LogP contribution in [0, 0.1) is 0 Å². The molecule has 0 saturated carbocycles. The molecule has 3 amide bonds. The Morgan fingerprint density at radius 1 is 1.26 bits per heavy atom. The van der Waals surface area contributed by atoms with Crippen molar-refractivity contribution in [2.45, 2.75) is 51.7 Å². The molecule has 1 saturated heterocycles. The minimum atomic E-state index is -0.518. The number of benzene rings is 1. The van der Waals surface area contributed by atoms with Gasteiger partial charge in [-0.2, -0.15) is 0 Å². The highest BCUT2D eigenvalue weighted by molar-refractivity contribution is 5.91. The molecule has 0 aliphatic carbocycles. The van der Waals surface area contributed by atoms with Crippen LogP contribution in [0.1, 0.15) is 38.7 Å². The van der Waals surface area contributed by atoms with Gasteiger partial charge in [-0.05, 0) is 38.0 Å². The lowest BCUT2D eigenvalue weighted by atomic mass is 10.1. The van der Waals surface area contributed by atoms with Gasteiger partial charge in [0.2, 0.25) is 24.5 Å². The van der Waals surface area contributed by atoms with Crippen LogP contribution < -0.4 is 20.1 Å². The Morgan fingerprint density at radius 2 is 2.04 bits per heavy atom. The molecule has 1 aromatic rings. The summed E-state index contributed by atoms with van der Waals surface area (Å²) in [5.74, 6) is 0.950. The highest BCUT2D eigenvalue weighted by atomic mass is 16.7. The molecule has 27 heavy (non-hydrogen) atoms. The van der Waals surface area contributed by atoms with E-state index in [1.54, 1.807) is 11.0 Å². The van der Waals surface area contributed by atoms with Gasteiger partial charge in [0.25, 0.3) is 0 Å². The van der Waals surface area contributed by atoms with E-state index in [4.69, 9.17) is 9.47 Å². The van der Waals surface area contributed by atoms with Crippen LogP contribution >= 0.6 is 0 Å². The minimum Gasteiger partial charge on any atom is -0.454 e. The number of likely N-dealkylation sites (tertiary alicyclic amines) is 1. The maximum atomic E-state index is 12.5. The number of hydrogen-bond donors (Lipinski definition) is 2. The first-order valence-electron chi connectivity index (χ1n) is 9.19. The predicted octanol–water partition coefficient (Wildman–Crippen LogP) is 0.937. The molecule has 146 valence electrons. The number of rotatable bonds is 7. The van der Waals surface area contributed by atoms with E-state index in [1.165, 1.54) is 0 Å². The summed E-state index contributed by atoms with van der Waals surface area (Å²) < 4.78 is 10.7. The minimum absolute atomic E-state index is 0.0506. The molecule has 1 atom stereocenters. The van der Waals surface area contributed by atoms with E-state index in [0.29, 0.717) is 30.9 Å². The van der Waals surface area contributed by atoms with Crippen molar-refractivity contribution in [2.24, 2.45) is 0 Å². The zero-order valence-electron chi connectivity index (χ0n) is 15.6. The first kappa shape index (κ1) is 19.0. The molecule has 3 rings (SSSR count). The van der Waals surface area contributed by atoms with Crippen LogP contribution in [0.3, 0.4) is 0 Å². The van der Waals surface area contributed by atoms with E-state index >= 15 is 0 Å². The Balaban J connectivity index is 1.55. The molecule has 8 heteroatoms. The van der Waals surface area contributed by atoms with E-state index in [1.807, 2.05) is 26.0 Å². The molecule has 0 radical (unpaired) electrons. The van der Waals surface area contributed by atoms with Gasteiger partial charge < -0.3 is 25.0 Å². The van der Waals surface area contributed by atoms with Crippen molar-refractivity contribution >= 4 is 17.7 Å². The average molecular weight is 375 g/mol. The first-order valence-corrected chi connectivity index (χ1v) is 9.19. The maximum absolute atomic E-state index is 12.5. The molecule has 2 N–H and O–H groups in total. The highest BCUT2D eigenvalue weighted by Crippen LogP contribution is 2.33. The first-order chi connectivity index (χ1) is 12.9. The van der Waals surface area contributed by atoms with Gasteiger partial charge in [-0.1, -0.05) is 6.07 Å². The SMILES string of the molecule is CC(C)NC(=O)CCNC(=O)C1CCC(=O)N1Cc1ccc2c(c1)OCO2. The summed E-state index contributed by atoms with van der Waals surface area (Å²) in [5, 5.41) is 5.55. The lowest BCUT2D eigenvalue weighted by Gasteiger charge is -2.24. The summed E-state index contributed by atoms with van der Waals surface area (Å²) in [4.78, 5) is 38.0. The number of ether oxygens (including phenoxy) is 2. The molecule has 1 unspecified atom stereocenters. The molecule has 8 nitrogen and oxygen atoms in total. The quantitative estimate of drug-likeness (QED) is 0.739. The van der Waals surface area contributed by atoms with Crippen molar-refractivity contribution in [3.8, 4) is 11.5 Å². The van der Waals surface area contributed by atoms with Crippen molar-refractivity contribution < 1.29 is 23.9 Å². The van der Waals surface area contributed by atoms with Gasteiger partial charge in [0.1, 0.15) is 6.04 Å². The molecule has 2 aliphatic rings. The third-order valence-corrected chi connectivity index (χ3v) is 4.52. The summed E-state index contributed by atoms with van der Waals surface area (Å²) >= 11 is 0. The number of nitrogens with zero attached hydrogens (tertiary/aromatic N) is 1. The molecular weight excluding hydrogens is 350 g/mol. The van der Waals surface area contributed by atoms with Gasteiger partial charge in [-0.25, -0.2) is 0 Å². The van der Waals surface area contributed by atoms with Crippen molar-refractivity contribution in [1.82, 2.24) is 15.5 Å². The van der Waals surface area contributed by atoms with Crippen LogP contribution in [0.25, 0.3) is 0 Å². The normalized spacial score (nSPS) is 18.1. The molecule has 2 aliphatic heterocycles. The molecule has 0 spiro atoms. The highest BCUT2D eigenvalue weighted by Gasteiger charge is 2.36. The van der Waals surface area contributed by atoms with Crippen molar-refractivity contribution in [3.05, 3.63) is 23.8 Å². The third kappa shape index (κ3) is 4.69. The van der Waals surface area contributed by atoms with Crippen LogP contribution in [0.5, 0.6) is 11.5 Å². The third-order valence-electron chi connectivity index (χ3n) is 4.52. The second-order valence-electron chi connectivity index (χ2n) is 7.03. The average Bonchev–Trinajstić information content (AvgIpc) is 3.21. The van der Waals surface area contributed by atoms with Crippen molar-refractivity contribution in [3.63, 3.8) is 0 Å². The molecule has 0 aromatic heterocycles. The maximum Gasteiger partial charge on any atom is 0.242 e. The van der Waals surface area contributed by atoms with Gasteiger partial charge in [-0.15, -0.1) is 0 Å². The fraction of sp³-hybridized carbons (Fsp3) is 0.526. The summed E-state index contributed by atoms with van der Waals surface area (Å²) in [6.45, 7) is 4.54. The van der Waals surface area contributed by atoms with Crippen molar-refractivity contribution in [2.75, 3.05) is 13.3 Å². The standard InChI is InChI=1S/C19H25N3O5/c1-12(2)21-17(23)7-8-20-19(25)14-4-6-18(24)22(14)10-13-3-5-15-16(9-13)27-11-26-15/h3,5,9,12,14H,4,6-8,10-11H2,1-2H3,(H,20,25)(H,21,23). The molecule has 2 heterocycles. The molecular formula is C19H25N3O5. The van der Waals surface area contributed by atoms with Crippen molar-refractivity contribution in [1.29, 1.82) is 0 Å². The van der Waals surface area contributed by atoms with Crippen LogP contribution in [-0.4, -0.2) is 48.0 Å². The number of fused-ring (bicyclic) bond motifs is 1. The monoisotopic (exact) mass is 375 g/mol. The fourth-order valence-electron chi connectivity index (χ4n) is 3.25. The smallest absolute Gasteiger partial charge is 0.242 e. The Bertz CT molecular complexity index is 734. The Kier molecular flexibility index (Phi) is 5.83. The Hall–Kier alpha value is -2.77. The molecule has 0 bridgehead atoms. The van der Waals surface area contributed by atoms with E-state index in [-0.39, 0.29) is 43.5 Å². The van der Waals surface area contributed by atoms with Crippen LogP contribution in [0.4, 0.5) is 0 Å². The van der Waals surface area contributed by atoms with Crippen LogP contribution in [0.2, 0.25) is 0 Å². The largest absolute Gasteiger partial charge is 0.454 e. The second-order valence-corrected chi connectivity index (χ2v) is 7.03. The lowest BCUT2D eigenvalue weighted by molar-refractivity contribution is -0.136. The fourth-order valence-corrected chi connectivity index (χ4v) is 3.25. The van der Waals surface area contributed by atoms with Crippen LogP contribution in [-0.2, 0) is 20.9 Å². The van der Waals surface area contributed by atoms with Gasteiger partial charge in [0.15, 0.2) is 11.5 Å². The predicted molar refractivity (Wildman–Crippen MR) is 97.0 cm³/mol. The number of carbonyl (C=O) groups excluding carboxylic acids is 3. The zero-order valence-corrected chi connectivity index (χ0v) is 15.6. The number of hydrogen-bond acceptors (Lipinski definition) is 5. The summed E-state index contributed by atoms with van der Waals surface area (Å²) in [6.07, 6.45) is 1.04. The Labute approximate surface area is 158 Å². The molecule has 1 fully saturated rings. The van der Waals surface area contributed by atoms with Gasteiger partial charge in [0, 0.05) is 32.0 Å². The summed E-state index contributed by atoms with van der Waals surface area (Å²) in [6, 6.07) is 5.05. The second kappa shape index (κ2) is 8.28. The topological polar surface area (TPSA) is 97.0 Å². The number of amides is 3. The zero-order chi connectivity index (χ0) is 19.4. The Morgan fingerprint density at radius 3 is 2.81 bits per heavy atom. The summed E-state index contributed by atoms with van der Waals surface area (Å²) in [5.41, 5.74) is 0.878. The number of nitrogens with one attached hydrogen (secondary N) is 2.